The number of nitrogens with zero attached hydrogens (tertiary/aromatic N) is 1. The number of rotatable bonds is 18. The lowest BCUT2D eigenvalue weighted by Gasteiger charge is -2.40. The second kappa shape index (κ2) is 20.3. The van der Waals surface area contributed by atoms with Gasteiger partial charge in [0.2, 0.25) is 0 Å². The number of unbranched alkanes of at least 4 members (excludes halogenated alkanes) is 13. The summed E-state index contributed by atoms with van der Waals surface area (Å²) in [5, 5.41) is 27.7. The van der Waals surface area contributed by atoms with E-state index in [2.05, 4.69) is 6.92 Å². The van der Waals surface area contributed by atoms with E-state index in [0.29, 0.717) is 6.42 Å². The molecule has 30 heavy (non-hydrogen) atoms. The average Bonchev–Trinajstić information content (AvgIpc) is 2.67. The van der Waals surface area contributed by atoms with Crippen LogP contribution >= 0.6 is 0 Å². The molecule has 5 nitrogen and oxygen atoms in total. The zero-order valence-electron chi connectivity index (χ0n) is 21.0. The molecule has 2 atom stereocenters. The molecule has 0 aliphatic carbocycles. The van der Waals surface area contributed by atoms with Crippen molar-refractivity contribution >= 4 is 5.97 Å². The Kier molecular flexibility index (Phi) is 21.3. The van der Waals surface area contributed by atoms with Gasteiger partial charge in [-0.25, -0.2) is 0 Å². The normalized spacial score (nSPS) is 14.3. The average molecular weight is 432 g/mol. The van der Waals surface area contributed by atoms with Gasteiger partial charge in [0.15, 0.2) is 0 Å². The minimum atomic E-state index is -1.11. The maximum Gasteiger partial charge on any atom is 0.303 e. The van der Waals surface area contributed by atoms with Crippen LogP contribution in [-0.2, 0) is 4.79 Å². The van der Waals surface area contributed by atoms with Crippen LogP contribution in [0.15, 0.2) is 0 Å². The van der Waals surface area contributed by atoms with Crippen molar-refractivity contribution in [2.75, 3.05) is 14.1 Å². The van der Waals surface area contributed by atoms with Gasteiger partial charge in [-0.2, -0.15) is 0 Å². The smallest absolute Gasteiger partial charge is 0.303 e. The first-order valence-electron chi connectivity index (χ1n) is 12.4. The molecule has 2 unspecified atom stereocenters. The van der Waals surface area contributed by atoms with Gasteiger partial charge >= 0.3 is 5.97 Å². The van der Waals surface area contributed by atoms with Crippen molar-refractivity contribution in [2.24, 2.45) is 5.92 Å². The van der Waals surface area contributed by atoms with Gasteiger partial charge < -0.3 is 15.3 Å². The van der Waals surface area contributed by atoms with Gasteiger partial charge in [0.25, 0.3) is 0 Å². The quantitative estimate of drug-likeness (QED) is 0.177. The van der Waals surface area contributed by atoms with E-state index in [9.17, 15) is 15.0 Å². The predicted octanol–water partition coefficient (Wildman–Crippen LogP) is 6.22. The summed E-state index contributed by atoms with van der Waals surface area (Å²) < 4.78 is 0. The number of carboxylic acid groups (broad SMARTS) is 1. The van der Waals surface area contributed by atoms with Gasteiger partial charge in [-0.3, -0.25) is 9.69 Å². The molecule has 0 aliphatic heterocycles. The molecule has 0 aromatic heterocycles. The standard InChI is InChI=1S/C17H34O2.C8H19NO2/c1-2-3-4-5-6-7-8-9-10-11-12-13-14-15-16-17(18)19;1-6(2)8(11,7(3)10)9(4)5/h2-16H2,1H3,(H,18,19);6-7,10-11H,1-5H3. The van der Waals surface area contributed by atoms with Crippen LogP contribution in [0.25, 0.3) is 0 Å². The lowest BCUT2D eigenvalue weighted by Crippen LogP contribution is -2.56. The van der Waals surface area contributed by atoms with Crippen molar-refractivity contribution in [3.63, 3.8) is 0 Å². The van der Waals surface area contributed by atoms with E-state index >= 15 is 0 Å². The zero-order chi connectivity index (χ0) is 23.4. The highest BCUT2D eigenvalue weighted by molar-refractivity contribution is 5.66. The topological polar surface area (TPSA) is 81.0 Å². The molecule has 0 spiro atoms. The summed E-state index contributed by atoms with van der Waals surface area (Å²) in [4.78, 5) is 12.0. The van der Waals surface area contributed by atoms with Gasteiger partial charge in [-0.15, -0.1) is 0 Å². The number of carboxylic acids is 1. The van der Waals surface area contributed by atoms with Gasteiger partial charge in [-0.1, -0.05) is 104 Å². The molecule has 3 N–H and O–H groups in total. The number of likely N-dealkylation sites (N-methyl/N-ethyl adjacent to an activating group) is 1. The minimum absolute atomic E-state index is 0.0116. The number of aliphatic carboxylic acids is 1. The van der Waals surface area contributed by atoms with E-state index < -0.39 is 17.8 Å². The molecule has 0 heterocycles. The van der Waals surface area contributed by atoms with Crippen molar-refractivity contribution in [2.45, 2.75) is 136 Å². The molecular weight excluding hydrogens is 378 g/mol. The van der Waals surface area contributed by atoms with Crippen molar-refractivity contribution in [3.05, 3.63) is 0 Å². The Balaban J connectivity index is 0. The third-order valence-corrected chi connectivity index (χ3v) is 5.93. The third kappa shape index (κ3) is 17.1. The molecule has 0 aromatic carbocycles. The maximum atomic E-state index is 10.3. The van der Waals surface area contributed by atoms with Gasteiger partial charge in [-0.05, 0) is 33.4 Å². The highest BCUT2D eigenvalue weighted by atomic mass is 16.4. The number of aliphatic hydroxyl groups excluding tert-OH is 1. The van der Waals surface area contributed by atoms with Gasteiger partial charge in [0.1, 0.15) is 5.72 Å². The highest BCUT2D eigenvalue weighted by Crippen LogP contribution is 2.23. The van der Waals surface area contributed by atoms with E-state index in [4.69, 9.17) is 5.11 Å². The molecule has 0 fully saturated rings. The molecule has 0 bridgehead atoms. The Bertz CT molecular complexity index is 362. The van der Waals surface area contributed by atoms with Crippen molar-refractivity contribution < 1.29 is 20.1 Å². The lowest BCUT2D eigenvalue weighted by molar-refractivity contribution is -0.183. The van der Waals surface area contributed by atoms with E-state index in [1.54, 1.807) is 25.9 Å². The molecule has 182 valence electrons. The lowest BCUT2D eigenvalue weighted by atomic mass is 9.93. The summed E-state index contributed by atoms with van der Waals surface area (Å²) >= 11 is 0. The number of aliphatic hydroxyl groups is 2. The van der Waals surface area contributed by atoms with Gasteiger partial charge in [0, 0.05) is 6.42 Å². The molecule has 0 radical (unpaired) electrons. The van der Waals surface area contributed by atoms with E-state index in [1.165, 1.54) is 77.0 Å². The van der Waals surface area contributed by atoms with Crippen LogP contribution in [0, 0.1) is 5.92 Å². The number of hydrogen-bond acceptors (Lipinski definition) is 4. The molecular formula is C25H53NO4. The van der Waals surface area contributed by atoms with Crippen molar-refractivity contribution in [3.8, 4) is 0 Å². The molecule has 0 aliphatic rings. The maximum absolute atomic E-state index is 10.3. The van der Waals surface area contributed by atoms with E-state index in [-0.39, 0.29) is 5.92 Å². The van der Waals surface area contributed by atoms with Gasteiger partial charge in [0.05, 0.1) is 6.10 Å². The second-order valence-corrected chi connectivity index (χ2v) is 9.25. The van der Waals surface area contributed by atoms with Crippen LogP contribution in [0.1, 0.15) is 124 Å². The van der Waals surface area contributed by atoms with Crippen molar-refractivity contribution in [1.29, 1.82) is 0 Å². The predicted molar refractivity (Wildman–Crippen MR) is 128 cm³/mol. The fourth-order valence-corrected chi connectivity index (χ4v) is 3.84. The van der Waals surface area contributed by atoms with Crippen LogP contribution in [0.4, 0.5) is 0 Å². The van der Waals surface area contributed by atoms with Crippen LogP contribution in [0.3, 0.4) is 0 Å². The third-order valence-electron chi connectivity index (χ3n) is 5.93. The monoisotopic (exact) mass is 431 g/mol. The summed E-state index contributed by atoms with van der Waals surface area (Å²) in [6.07, 6.45) is 18.0. The zero-order valence-corrected chi connectivity index (χ0v) is 21.0. The summed E-state index contributed by atoms with van der Waals surface area (Å²) in [7, 11) is 3.51. The summed E-state index contributed by atoms with van der Waals surface area (Å²) in [5.41, 5.74) is -1.11. The van der Waals surface area contributed by atoms with Crippen LogP contribution in [0.2, 0.25) is 0 Å². The van der Waals surface area contributed by atoms with Crippen LogP contribution < -0.4 is 0 Å². The number of hydrogen-bond donors (Lipinski definition) is 3. The Labute approximate surface area is 187 Å². The first-order chi connectivity index (χ1) is 14.1. The summed E-state index contributed by atoms with van der Waals surface area (Å²) in [6.45, 7) is 7.63. The van der Waals surface area contributed by atoms with Crippen LogP contribution in [0.5, 0.6) is 0 Å². The molecule has 0 saturated heterocycles. The fourth-order valence-electron chi connectivity index (χ4n) is 3.84. The van der Waals surface area contributed by atoms with Crippen LogP contribution in [-0.4, -0.2) is 52.1 Å². The largest absolute Gasteiger partial charge is 0.481 e. The Morgan fingerprint density at radius 3 is 1.30 bits per heavy atom. The van der Waals surface area contributed by atoms with E-state index in [0.717, 1.165) is 12.8 Å². The van der Waals surface area contributed by atoms with Crippen molar-refractivity contribution in [1.82, 2.24) is 4.90 Å². The first-order valence-corrected chi connectivity index (χ1v) is 12.4. The highest BCUT2D eigenvalue weighted by Gasteiger charge is 2.38. The molecule has 0 saturated carbocycles. The SMILES string of the molecule is CC(C)C(O)(C(C)O)N(C)C.CCCCCCCCCCCCCCCCC(=O)O. The summed E-state index contributed by atoms with van der Waals surface area (Å²) in [5.74, 6) is -0.642. The Morgan fingerprint density at radius 2 is 1.10 bits per heavy atom. The molecule has 0 aromatic rings. The molecule has 5 heteroatoms. The molecule has 0 rings (SSSR count). The second-order valence-electron chi connectivity index (χ2n) is 9.25. The number of carbonyl (C=O) groups is 1. The molecule has 0 amide bonds. The Hall–Kier alpha value is -0.650. The Morgan fingerprint density at radius 1 is 0.767 bits per heavy atom. The fraction of sp³-hybridized carbons (Fsp3) is 0.960. The van der Waals surface area contributed by atoms with E-state index in [1.807, 2.05) is 13.8 Å². The summed E-state index contributed by atoms with van der Waals surface area (Å²) in [6, 6.07) is 0. The first kappa shape index (κ1) is 31.5. The minimum Gasteiger partial charge on any atom is -0.481 e.